The van der Waals surface area contributed by atoms with E-state index in [-0.39, 0.29) is 6.10 Å². The molecule has 0 atom stereocenters. The first kappa shape index (κ1) is 14.3. The quantitative estimate of drug-likeness (QED) is 0.881. The largest absolute Gasteiger partial charge is 0.475 e. The second-order valence-electron chi connectivity index (χ2n) is 5.97. The van der Waals surface area contributed by atoms with Crippen molar-refractivity contribution < 1.29 is 4.74 Å². The van der Waals surface area contributed by atoms with E-state index in [0.717, 1.165) is 23.9 Å². The summed E-state index contributed by atoms with van der Waals surface area (Å²) >= 11 is 0. The Labute approximate surface area is 116 Å². The normalized spacial score (nSPS) is 23.6. The summed E-state index contributed by atoms with van der Waals surface area (Å²) in [6, 6.07) is 4.74. The molecule has 0 aliphatic heterocycles. The molecule has 0 radical (unpaired) electrons. The van der Waals surface area contributed by atoms with Crippen LogP contribution < -0.4 is 10.1 Å². The van der Waals surface area contributed by atoms with Gasteiger partial charge in [-0.2, -0.15) is 0 Å². The van der Waals surface area contributed by atoms with E-state index in [9.17, 15) is 0 Å². The van der Waals surface area contributed by atoms with Crippen molar-refractivity contribution in [1.82, 2.24) is 10.3 Å². The standard InChI is InChI=1S/C16H26N2O/c1-12(2)19-16-14(5-4-10-17-16)11-18-15-8-6-13(3)7-9-15/h4-5,10,12-13,15,18H,6-9,11H2,1-3H3. The molecule has 1 N–H and O–H groups in total. The summed E-state index contributed by atoms with van der Waals surface area (Å²) in [6.45, 7) is 7.28. The zero-order valence-corrected chi connectivity index (χ0v) is 12.4. The lowest BCUT2D eigenvalue weighted by atomic mass is 9.87. The van der Waals surface area contributed by atoms with Crippen LogP contribution in [0.3, 0.4) is 0 Å². The molecule has 1 aromatic heterocycles. The molecule has 0 amide bonds. The highest BCUT2D eigenvalue weighted by molar-refractivity contribution is 5.25. The lowest BCUT2D eigenvalue weighted by molar-refractivity contribution is 0.228. The highest BCUT2D eigenvalue weighted by Crippen LogP contribution is 2.24. The minimum Gasteiger partial charge on any atom is -0.475 e. The van der Waals surface area contributed by atoms with E-state index >= 15 is 0 Å². The van der Waals surface area contributed by atoms with Crippen LogP contribution in [0.1, 0.15) is 52.0 Å². The maximum absolute atomic E-state index is 5.75. The molecular formula is C16H26N2O. The average molecular weight is 262 g/mol. The highest BCUT2D eigenvalue weighted by atomic mass is 16.5. The molecule has 106 valence electrons. The van der Waals surface area contributed by atoms with E-state index in [1.54, 1.807) is 6.20 Å². The zero-order chi connectivity index (χ0) is 13.7. The van der Waals surface area contributed by atoms with Crippen molar-refractivity contribution in [2.24, 2.45) is 5.92 Å². The summed E-state index contributed by atoms with van der Waals surface area (Å²) in [6.07, 6.45) is 7.25. The lowest BCUT2D eigenvalue weighted by Gasteiger charge is -2.27. The van der Waals surface area contributed by atoms with Crippen LogP contribution >= 0.6 is 0 Å². The third-order valence-corrected chi connectivity index (χ3v) is 3.79. The number of nitrogens with zero attached hydrogens (tertiary/aromatic N) is 1. The van der Waals surface area contributed by atoms with Crippen molar-refractivity contribution in [3.8, 4) is 5.88 Å². The summed E-state index contributed by atoms with van der Waals surface area (Å²) in [4.78, 5) is 4.33. The van der Waals surface area contributed by atoms with Gasteiger partial charge in [0, 0.05) is 24.3 Å². The summed E-state index contributed by atoms with van der Waals surface area (Å²) < 4.78 is 5.75. The lowest BCUT2D eigenvalue weighted by Crippen LogP contribution is -2.32. The summed E-state index contributed by atoms with van der Waals surface area (Å²) in [5, 5.41) is 3.65. The minimum absolute atomic E-state index is 0.171. The van der Waals surface area contributed by atoms with Crippen LogP contribution in [0.25, 0.3) is 0 Å². The minimum atomic E-state index is 0.171. The number of hydrogen-bond donors (Lipinski definition) is 1. The number of nitrogens with one attached hydrogen (secondary N) is 1. The Morgan fingerprint density at radius 3 is 2.74 bits per heavy atom. The molecule has 0 spiro atoms. The Balaban J connectivity index is 1.88. The van der Waals surface area contributed by atoms with Gasteiger partial charge in [0.05, 0.1) is 6.10 Å². The predicted molar refractivity (Wildman–Crippen MR) is 78.3 cm³/mol. The Kier molecular flexibility index (Phi) is 5.20. The van der Waals surface area contributed by atoms with Crippen LogP contribution in [0.4, 0.5) is 0 Å². The fraction of sp³-hybridized carbons (Fsp3) is 0.688. The Morgan fingerprint density at radius 1 is 1.32 bits per heavy atom. The molecule has 3 heteroatoms. The second-order valence-corrected chi connectivity index (χ2v) is 5.97. The van der Waals surface area contributed by atoms with Gasteiger partial charge in [-0.15, -0.1) is 0 Å². The van der Waals surface area contributed by atoms with Crippen LogP contribution in [0, 0.1) is 5.92 Å². The molecule has 1 heterocycles. The van der Waals surface area contributed by atoms with Crippen molar-refractivity contribution in [3.05, 3.63) is 23.9 Å². The summed E-state index contributed by atoms with van der Waals surface area (Å²) in [5.74, 6) is 1.67. The van der Waals surface area contributed by atoms with Gasteiger partial charge in [-0.25, -0.2) is 4.98 Å². The topological polar surface area (TPSA) is 34.2 Å². The molecule has 0 bridgehead atoms. The molecule has 0 unspecified atom stereocenters. The maximum atomic E-state index is 5.75. The molecule has 2 rings (SSSR count). The van der Waals surface area contributed by atoms with Crippen LogP contribution in [0.2, 0.25) is 0 Å². The third kappa shape index (κ3) is 4.50. The summed E-state index contributed by atoms with van der Waals surface area (Å²) in [5.41, 5.74) is 1.16. The maximum Gasteiger partial charge on any atom is 0.218 e. The van der Waals surface area contributed by atoms with E-state index in [4.69, 9.17) is 4.74 Å². The smallest absolute Gasteiger partial charge is 0.218 e. The third-order valence-electron chi connectivity index (χ3n) is 3.79. The van der Waals surface area contributed by atoms with Crippen LogP contribution in [-0.4, -0.2) is 17.1 Å². The SMILES string of the molecule is CC1CCC(NCc2cccnc2OC(C)C)CC1. The van der Waals surface area contributed by atoms with Gasteiger partial charge < -0.3 is 10.1 Å². The van der Waals surface area contributed by atoms with Crippen molar-refractivity contribution in [2.75, 3.05) is 0 Å². The van der Waals surface area contributed by atoms with Crippen LogP contribution in [0.15, 0.2) is 18.3 Å². The van der Waals surface area contributed by atoms with Crippen molar-refractivity contribution >= 4 is 0 Å². The average Bonchev–Trinajstić information content (AvgIpc) is 2.39. The van der Waals surface area contributed by atoms with E-state index in [1.165, 1.54) is 25.7 Å². The molecular weight excluding hydrogens is 236 g/mol. The molecule has 3 nitrogen and oxygen atoms in total. The van der Waals surface area contributed by atoms with Crippen molar-refractivity contribution in [1.29, 1.82) is 0 Å². The number of aromatic nitrogens is 1. The molecule has 1 aliphatic carbocycles. The fourth-order valence-corrected chi connectivity index (χ4v) is 2.61. The predicted octanol–water partition coefficient (Wildman–Crippen LogP) is 3.54. The van der Waals surface area contributed by atoms with Gasteiger partial charge in [0.25, 0.3) is 0 Å². The van der Waals surface area contributed by atoms with Gasteiger partial charge in [0.15, 0.2) is 0 Å². The number of rotatable bonds is 5. The molecule has 1 fully saturated rings. The van der Waals surface area contributed by atoms with Crippen molar-refractivity contribution in [2.45, 2.75) is 65.1 Å². The van der Waals surface area contributed by atoms with Gasteiger partial charge in [0.1, 0.15) is 0 Å². The van der Waals surface area contributed by atoms with Crippen LogP contribution in [0.5, 0.6) is 5.88 Å². The Morgan fingerprint density at radius 2 is 2.05 bits per heavy atom. The summed E-state index contributed by atoms with van der Waals surface area (Å²) in [7, 11) is 0. The molecule has 1 aromatic rings. The first-order valence-corrected chi connectivity index (χ1v) is 7.49. The highest BCUT2D eigenvalue weighted by Gasteiger charge is 2.18. The molecule has 0 aromatic carbocycles. The van der Waals surface area contributed by atoms with Gasteiger partial charge in [-0.3, -0.25) is 0 Å². The van der Waals surface area contributed by atoms with Crippen LogP contribution in [-0.2, 0) is 6.54 Å². The Bertz CT molecular complexity index is 384. The number of ether oxygens (including phenoxy) is 1. The Hall–Kier alpha value is -1.09. The van der Waals surface area contributed by atoms with Gasteiger partial charge in [0.2, 0.25) is 5.88 Å². The molecule has 1 aliphatic rings. The monoisotopic (exact) mass is 262 g/mol. The van der Waals surface area contributed by atoms with E-state index < -0.39 is 0 Å². The molecule has 19 heavy (non-hydrogen) atoms. The number of pyridine rings is 1. The van der Waals surface area contributed by atoms with E-state index in [0.29, 0.717) is 6.04 Å². The molecule has 0 saturated heterocycles. The zero-order valence-electron chi connectivity index (χ0n) is 12.4. The van der Waals surface area contributed by atoms with E-state index in [2.05, 4.69) is 23.3 Å². The van der Waals surface area contributed by atoms with Gasteiger partial charge in [-0.1, -0.05) is 13.0 Å². The molecule has 1 saturated carbocycles. The number of hydrogen-bond acceptors (Lipinski definition) is 3. The van der Waals surface area contributed by atoms with E-state index in [1.807, 2.05) is 19.9 Å². The first-order chi connectivity index (χ1) is 9.15. The second kappa shape index (κ2) is 6.90. The van der Waals surface area contributed by atoms with Crippen molar-refractivity contribution in [3.63, 3.8) is 0 Å². The fourth-order valence-electron chi connectivity index (χ4n) is 2.61. The first-order valence-electron chi connectivity index (χ1n) is 7.49. The van der Waals surface area contributed by atoms with Gasteiger partial charge in [-0.05, 0) is 51.5 Å². The van der Waals surface area contributed by atoms with Gasteiger partial charge >= 0.3 is 0 Å².